The van der Waals surface area contributed by atoms with E-state index in [1.807, 2.05) is 54.6 Å². The molecule has 0 bridgehead atoms. The fraction of sp³-hybridized carbons (Fsp3) is 0.107. The highest BCUT2D eigenvalue weighted by Gasteiger charge is 2.24. The quantitative estimate of drug-likeness (QED) is 0.244. The van der Waals surface area contributed by atoms with E-state index in [4.69, 9.17) is 14.5 Å². The number of fused-ring (bicyclic) bond motifs is 3. The van der Waals surface area contributed by atoms with Crippen LogP contribution in [0.5, 0.6) is 11.5 Å². The Labute approximate surface area is 224 Å². The van der Waals surface area contributed by atoms with Crippen LogP contribution in [0.25, 0.3) is 31.0 Å². The van der Waals surface area contributed by atoms with Crippen LogP contribution in [0.4, 0.5) is 5.00 Å². The van der Waals surface area contributed by atoms with Gasteiger partial charge in [0.1, 0.15) is 10.0 Å². The Morgan fingerprint density at radius 2 is 1.62 bits per heavy atom. The molecule has 3 aromatic carbocycles. The van der Waals surface area contributed by atoms with Crippen molar-refractivity contribution in [3.8, 4) is 22.1 Å². The monoisotopic (exact) mass is 541 g/mol. The molecule has 6 aromatic rings. The largest absolute Gasteiger partial charge is 0.454 e. The third-order valence-corrected chi connectivity index (χ3v) is 9.57. The van der Waals surface area contributed by atoms with E-state index in [1.165, 1.54) is 11.3 Å². The first-order valence-corrected chi connectivity index (χ1v) is 14.1. The Morgan fingerprint density at radius 1 is 0.892 bits per heavy atom. The number of amides is 1. The van der Waals surface area contributed by atoms with Gasteiger partial charge >= 0.3 is 0 Å². The van der Waals surface area contributed by atoms with Crippen LogP contribution in [0.3, 0.4) is 0 Å². The average molecular weight is 542 g/mol. The van der Waals surface area contributed by atoms with Crippen molar-refractivity contribution in [1.29, 1.82) is 0 Å². The second-order valence-electron chi connectivity index (χ2n) is 8.65. The summed E-state index contributed by atoms with van der Waals surface area (Å²) >= 11 is 4.62. The first-order valence-electron chi connectivity index (χ1n) is 11.7. The first kappa shape index (κ1) is 22.4. The Balaban J connectivity index is 1.29. The molecule has 1 amide bonds. The smallest absolute Gasteiger partial charge is 0.285 e. The number of benzene rings is 3. The van der Waals surface area contributed by atoms with Crippen molar-refractivity contribution in [3.05, 3.63) is 87.7 Å². The number of thiazole rings is 2. The molecule has 0 atom stereocenters. The van der Waals surface area contributed by atoms with Gasteiger partial charge < -0.3 is 14.8 Å². The van der Waals surface area contributed by atoms with Crippen molar-refractivity contribution in [1.82, 2.24) is 9.97 Å². The molecule has 0 saturated carbocycles. The second kappa shape index (κ2) is 8.95. The normalized spacial score (nSPS) is 12.5. The minimum atomic E-state index is -0.209. The molecule has 0 unspecified atom stereocenters. The molecule has 1 aliphatic rings. The van der Waals surface area contributed by atoms with Gasteiger partial charge in [0.2, 0.25) is 6.79 Å². The molecule has 1 N–H and O–H groups in total. The molecule has 6 nitrogen and oxygen atoms in total. The maximum absolute atomic E-state index is 13.3. The molecule has 182 valence electrons. The summed E-state index contributed by atoms with van der Waals surface area (Å²) in [5.74, 6) is 1.33. The van der Waals surface area contributed by atoms with Crippen LogP contribution in [-0.2, 0) is 6.42 Å². The van der Waals surface area contributed by atoms with Crippen LogP contribution < -0.4 is 14.8 Å². The number of hydrogen-bond acceptors (Lipinski definition) is 8. The van der Waals surface area contributed by atoms with Gasteiger partial charge in [-0.1, -0.05) is 30.3 Å². The summed E-state index contributed by atoms with van der Waals surface area (Å²) in [6.07, 6.45) is 0.710. The van der Waals surface area contributed by atoms with Crippen molar-refractivity contribution in [2.75, 3.05) is 12.1 Å². The van der Waals surface area contributed by atoms with Gasteiger partial charge in [-0.15, -0.1) is 34.0 Å². The summed E-state index contributed by atoms with van der Waals surface area (Å²) in [5, 5.41) is 5.30. The molecule has 37 heavy (non-hydrogen) atoms. The van der Waals surface area contributed by atoms with Gasteiger partial charge in [-0.25, -0.2) is 9.97 Å². The van der Waals surface area contributed by atoms with Gasteiger partial charge in [-0.05, 0) is 54.4 Å². The van der Waals surface area contributed by atoms with Crippen molar-refractivity contribution in [2.24, 2.45) is 0 Å². The summed E-state index contributed by atoms with van der Waals surface area (Å²) < 4.78 is 13.1. The average Bonchev–Trinajstić information content (AvgIpc) is 3.69. The van der Waals surface area contributed by atoms with Crippen LogP contribution >= 0.6 is 34.0 Å². The van der Waals surface area contributed by atoms with E-state index in [0.29, 0.717) is 11.4 Å². The molecule has 0 saturated heterocycles. The van der Waals surface area contributed by atoms with Crippen molar-refractivity contribution in [3.63, 3.8) is 0 Å². The van der Waals surface area contributed by atoms with Crippen LogP contribution in [-0.4, -0.2) is 22.7 Å². The number of aromatic nitrogens is 2. The number of carbonyl (C=O) groups is 1. The van der Waals surface area contributed by atoms with Gasteiger partial charge in [0.25, 0.3) is 5.91 Å². The number of rotatable bonds is 5. The minimum absolute atomic E-state index is 0.209. The maximum Gasteiger partial charge on any atom is 0.285 e. The van der Waals surface area contributed by atoms with Crippen molar-refractivity contribution >= 4 is 65.4 Å². The van der Waals surface area contributed by atoms with E-state index >= 15 is 0 Å². The standard InChI is InChI=1S/C28H19N3O3S3/c1-15-23(13-16-10-11-19-20(12-16)34-14-33-19)37-27(24(15)26-29-17-6-2-4-8-21(17)35-26)31-25(32)28-30-18-7-3-5-9-22(18)36-28/h2-12H,13-14H2,1H3,(H,31,32). The molecule has 0 radical (unpaired) electrons. The molecule has 0 fully saturated rings. The van der Waals surface area contributed by atoms with Crippen LogP contribution in [0, 0.1) is 6.92 Å². The SMILES string of the molecule is Cc1c(Cc2ccc3c(c2)OCO3)sc(NC(=O)c2nc3ccccc3s2)c1-c1nc2ccccc2s1. The van der Waals surface area contributed by atoms with Gasteiger partial charge in [0, 0.05) is 16.9 Å². The lowest BCUT2D eigenvalue weighted by Gasteiger charge is -2.04. The molecular weight excluding hydrogens is 523 g/mol. The number of para-hydroxylation sites is 2. The van der Waals surface area contributed by atoms with Gasteiger partial charge in [-0.2, -0.15) is 0 Å². The van der Waals surface area contributed by atoms with Crippen LogP contribution in [0.1, 0.15) is 25.8 Å². The van der Waals surface area contributed by atoms with Gasteiger partial charge in [0.05, 0.1) is 20.4 Å². The van der Waals surface area contributed by atoms with Crippen LogP contribution in [0.2, 0.25) is 0 Å². The highest BCUT2D eigenvalue weighted by atomic mass is 32.1. The highest BCUT2D eigenvalue weighted by Crippen LogP contribution is 2.45. The third-order valence-electron chi connectivity index (χ3n) is 6.27. The fourth-order valence-corrected chi connectivity index (χ4v) is 7.65. The van der Waals surface area contributed by atoms with E-state index in [-0.39, 0.29) is 12.7 Å². The molecule has 0 spiro atoms. The summed E-state index contributed by atoms with van der Waals surface area (Å²) in [6, 6.07) is 21.9. The molecule has 9 heteroatoms. The molecule has 0 aliphatic carbocycles. The molecule has 4 heterocycles. The molecule has 1 aliphatic heterocycles. The highest BCUT2D eigenvalue weighted by molar-refractivity contribution is 7.23. The van der Waals surface area contributed by atoms with Crippen molar-refractivity contribution < 1.29 is 14.3 Å². The number of carbonyl (C=O) groups excluding carboxylic acids is 1. The minimum Gasteiger partial charge on any atom is -0.454 e. The Morgan fingerprint density at radius 3 is 2.41 bits per heavy atom. The van der Waals surface area contributed by atoms with E-state index < -0.39 is 0 Å². The molecular formula is C28H19N3O3S3. The summed E-state index contributed by atoms with van der Waals surface area (Å²) in [5.41, 5.74) is 4.98. The van der Waals surface area contributed by atoms with Gasteiger partial charge in [-0.3, -0.25) is 4.79 Å². The summed E-state index contributed by atoms with van der Waals surface area (Å²) in [6.45, 7) is 2.36. The number of thiophene rings is 1. The zero-order valence-electron chi connectivity index (χ0n) is 19.6. The number of hydrogen-bond donors (Lipinski definition) is 1. The lowest BCUT2D eigenvalue weighted by molar-refractivity contribution is 0.102. The van der Waals surface area contributed by atoms with E-state index in [2.05, 4.69) is 29.4 Å². The Bertz CT molecular complexity index is 1750. The summed E-state index contributed by atoms with van der Waals surface area (Å²) in [7, 11) is 0. The fourth-order valence-electron chi connectivity index (χ4n) is 4.42. The number of anilines is 1. The van der Waals surface area contributed by atoms with Crippen molar-refractivity contribution in [2.45, 2.75) is 13.3 Å². The van der Waals surface area contributed by atoms with Crippen LogP contribution in [0.15, 0.2) is 66.7 Å². The predicted octanol–water partition coefficient (Wildman–Crippen LogP) is 7.51. The number of nitrogens with zero attached hydrogens (tertiary/aromatic N) is 2. The third kappa shape index (κ3) is 4.05. The summed E-state index contributed by atoms with van der Waals surface area (Å²) in [4.78, 5) is 24.0. The first-order chi connectivity index (χ1) is 18.1. The number of nitrogens with one attached hydrogen (secondary N) is 1. The lowest BCUT2D eigenvalue weighted by atomic mass is 10.1. The maximum atomic E-state index is 13.3. The van der Waals surface area contributed by atoms with E-state index in [0.717, 1.165) is 63.5 Å². The Kier molecular flexibility index (Phi) is 5.42. The second-order valence-corrected chi connectivity index (χ2v) is 11.8. The topological polar surface area (TPSA) is 73.3 Å². The number of ether oxygens (including phenoxy) is 2. The lowest BCUT2D eigenvalue weighted by Crippen LogP contribution is -2.11. The predicted molar refractivity (Wildman–Crippen MR) is 151 cm³/mol. The van der Waals surface area contributed by atoms with E-state index in [1.54, 1.807) is 22.7 Å². The molecule has 7 rings (SSSR count). The molecule has 3 aromatic heterocycles. The van der Waals surface area contributed by atoms with Gasteiger partial charge in [0.15, 0.2) is 16.5 Å². The van der Waals surface area contributed by atoms with E-state index in [9.17, 15) is 4.79 Å². The Hall–Kier alpha value is -3.79. The zero-order valence-corrected chi connectivity index (χ0v) is 22.1. The zero-order chi connectivity index (χ0) is 24.9.